The number of aliphatic hydroxyl groups excluding tert-OH is 1. The Morgan fingerprint density at radius 1 is 1.38 bits per heavy atom. The summed E-state index contributed by atoms with van der Waals surface area (Å²) in [6.07, 6.45) is 0.640. The van der Waals surface area contributed by atoms with Gasteiger partial charge in [0.2, 0.25) is 0 Å². The number of sulfone groups is 1. The van der Waals surface area contributed by atoms with E-state index in [2.05, 4.69) is 12.2 Å². The monoisotopic (exact) mass is 250 g/mol. The van der Waals surface area contributed by atoms with Gasteiger partial charge in [0.1, 0.15) is 0 Å². The van der Waals surface area contributed by atoms with Crippen LogP contribution in [-0.2, 0) is 9.84 Å². The SMILES string of the molecule is CCCNCC(O)CN1CCS(=O)(=O)CC1. The molecule has 0 aliphatic carbocycles. The number of aliphatic hydroxyl groups is 1. The molecule has 0 spiro atoms. The minimum Gasteiger partial charge on any atom is -0.390 e. The van der Waals surface area contributed by atoms with E-state index in [0.717, 1.165) is 13.0 Å². The lowest BCUT2D eigenvalue weighted by molar-refractivity contribution is 0.116. The van der Waals surface area contributed by atoms with E-state index >= 15 is 0 Å². The Balaban J connectivity index is 2.18. The van der Waals surface area contributed by atoms with Crippen LogP contribution in [0.15, 0.2) is 0 Å². The average Bonchev–Trinajstić information content (AvgIpc) is 2.22. The summed E-state index contributed by atoms with van der Waals surface area (Å²) in [5.74, 6) is 0.449. The second-order valence-electron chi connectivity index (χ2n) is 4.31. The fourth-order valence-electron chi connectivity index (χ4n) is 1.74. The third-order valence-corrected chi connectivity index (χ3v) is 4.32. The fraction of sp³-hybridized carbons (Fsp3) is 1.00. The quantitative estimate of drug-likeness (QED) is 0.597. The van der Waals surface area contributed by atoms with Crippen molar-refractivity contribution in [2.24, 2.45) is 0 Å². The van der Waals surface area contributed by atoms with Crippen LogP contribution in [0.2, 0.25) is 0 Å². The first kappa shape index (κ1) is 13.9. The fourth-order valence-corrected chi connectivity index (χ4v) is 3.02. The summed E-state index contributed by atoms with van der Waals surface area (Å²) >= 11 is 0. The molecular formula is C10H22N2O3S. The topological polar surface area (TPSA) is 69.6 Å². The Kier molecular flexibility index (Phi) is 5.68. The molecule has 1 rings (SSSR count). The molecule has 1 heterocycles. The van der Waals surface area contributed by atoms with Crippen molar-refractivity contribution in [3.8, 4) is 0 Å². The highest BCUT2D eigenvalue weighted by atomic mass is 32.2. The molecule has 1 aliphatic heterocycles. The molecule has 0 amide bonds. The van der Waals surface area contributed by atoms with Crippen molar-refractivity contribution in [2.45, 2.75) is 19.4 Å². The zero-order valence-electron chi connectivity index (χ0n) is 9.85. The number of hydrogen-bond acceptors (Lipinski definition) is 5. The smallest absolute Gasteiger partial charge is 0.152 e. The highest BCUT2D eigenvalue weighted by Gasteiger charge is 2.22. The highest BCUT2D eigenvalue weighted by Crippen LogP contribution is 2.04. The molecule has 5 nitrogen and oxygen atoms in total. The molecule has 0 radical (unpaired) electrons. The third kappa shape index (κ3) is 5.25. The molecule has 0 saturated carbocycles. The van der Waals surface area contributed by atoms with Crippen molar-refractivity contribution in [3.63, 3.8) is 0 Å². The first-order chi connectivity index (χ1) is 7.53. The molecule has 1 atom stereocenters. The lowest BCUT2D eigenvalue weighted by atomic mass is 10.3. The van der Waals surface area contributed by atoms with Gasteiger partial charge in [0.15, 0.2) is 9.84 Å². The van der Waals surface area contributed by atoms with Gasteiger partial charge in [-0.05, 0) is 13.0 Å². The normalized spacial score (nSPS) is 23.1. The zero-order chi connectivity index (χ0) is 12.0. The van der Waals surface area contributed by atoms with Crippen molar-refractivity contribution in [2.75, 3.05) is 44.2 Å². The molecule has 0 aromatic heterocycles. The van der Waals surface area contributed by atoms with Gasteiger partial charge < -0.3 is 10.4 Å². The summed E-state index contributed by atoms with van der Waals surface area (Å²) in [7, 11) is -2.81. The van der Waals surface area contributed by atoms with Crippen molar-refractivity contribution in [1.29, 1.82) is 0 Å². The van der Waals surface area contributed by atoms with Crippen LogP contribution in [0.3, 0.4) is 0 Å². The number of β-amino-alcohol motifs (C(OH)–C–C–N with tert-alkyl or cyclic N) is 1. The Morgan fingerprint density at radius 2 is 2.00 bits per heavy atom. The minimum atomic E-state index is -2.81. The predicted octanol–water partition coefficient (Wildman–Crippen LogP) is -0.923. The van der Waals surface area contributed by atoms with E-state index in [1.165, 1.54) is 0 Å². The highest BCUT2D eigenvalue weighted by molar-refractivity contribution is 7.91. The van der Waals surface area contributed by atoms with Crippen molar-refractivity contribution in [3.05, 3.63) is 0 Å². The molecule has 0 aromatic rings. The van der Waals surface area contributed by atoms with Gasteiger partial charge in [-0.1, -0.05) is 6.92 Å². The number of nitrogens with one attached hydrogen (secondary N) is 1. The largest absolute Gasteiger partial charge is 0.390 e. The van der Waals surface area contributed by atoms with Crippen LogP contribution in [0.4, 0.5) is 0 Å². The molecule has 1 unspecified atom stereocenters. The van der Waals surface area contributed by atoms with E-state index in [0.29, 0.717) is 26.2 Å². The number of rotatable bonds is 6. The van der Waals surface area contributed by atoms with Gasteiger partial charge in [0.25, 0.3) is 0 Å². The van der Waals surface area contributed by atoms with Crippen LogP contribution in [0.5, 0.6) is 0 Å². The molecule has 0 bridgehead atoms. The Morgan fingerprint density at radius 3 is 2.56 bits per heavy atom. The first-order valence-electron chi connectivity index (χ1n) is 5.85. The van der Waals surface area contributed by atoms with Gasteiger partial charge in [-0.3, -0.25) is 4.90 Å². The lowest BCUT2D eigenvalue weighted by Gasteiger charge is -2.28. The molecule has 16 heavy (non-hydrogen) atoms. The van der Waals surface area contributed by atoms with E-state index in [1.54, 1.807) is 0 Å². The van der Waals surface area contributed by atoms with Crippen LogP contribution in [-0.4, -0.2) is 68.8 Å². The zero-order valence-corrected chi connectivity index (χ0v) is 10.7. The third-order valence-electron chi connectivity index (χ3n) is 2.71. The average molecular weight is 250 g/mol. The Hall–Kier alpha value is -0.170. The first-order valence-corrected chi connectivity index (χ1v) is 7.67. The van der Waals surface area contributed by atoms with Crippen molar-refractivity contribution in [1.82, 2.24) is 10.2 Å². The van der Waals surface area contributed by atoms with Gasteiger partial charge in [-0.15, -0.1) is 0 Å². The van der Waals surface area contributed by atoms with Crippen LogP contribution in [0, 0.1) is 0 Å². The molecular weight excluding hydrogens is 228 g/mol. The predicted molar refractivity (Wildman–Crippen MR) is 64.3 cm³/mol. The number of hydrogen-bond donors (Lipinski definition) is 2. The van der Waals surface area contributed by atoms with Gasteiger partial charge in [-0.25, -0.2) is 8.42 Å². The summed E-state index contributed by atoms with van der Waals surface area (Å²) < 4.78 is 22.4. The van der Waals surface area contributed by atoms with Gasteiger partial charge >= 0.3 is 0 Å². The van der Waals surface area contributed by atoms with Gasteiger partial charge in [0, 0.05) is 26.2 Å². The molecule has 2 N–H and O–H groups in total. The second kappa shape index (κ2) is 6.54. The van der Waals surface area contributed by atoms with E-state index in [9.17, 15) is 13.5 Å². The van der Waals surface area contributed by atoms with E-state index in [4.69, 9.17) is 0 Å². The van der Waals surface area contributed by atoms with E-state index in [1.807, 2.05) is 4.90 Å². The second-order valence-corrected chi connectivity index (χ2v) is 6.61. The summed E-state index contributed by atoms with van der Waals surface area (Å²) in [6, 6.07) is 0. The number of nitrogens with zero attached hydrogens (tertiary/aromatic N) is 1. The van der Waals surface area contributed by atoms with Crippen LogP contribution < -0.4 is 5.32 Å². The molecule has 1 aliphatic rings. The van der Waals surface area contributed by atoms with Gasteiger partial charge in [-0.2, -0.15) is 0 Å². The maximum Gasteiger partial charge on any atom is 0.152 e. The molecule has 6 heteroatoms. The van der Waals surface area contributed by atoms with Crippen molar-refractivity contribution < 1.29 is 13.5 Å². The summed E-state index contributed by atoms with van der Waals surface area (Å²) in [6.45, 7) is 5.23. The Labute approximate surface area is 97.7 Å². The molecule has 1 fully saturated rings. The van der Waals surface area contributed by atoms with E-state index < -0.39 is 15.9 Å². The van der Waals surface area contributed by atoms with E-state index in [-0.39, 0.29) is 11.5 Å². The molecule has 96 valence electrons. The van der Waals surface area contributed by atoms with Gasteiger partial charge in [0.05, 0.1) is 17.6 Å². The standard InChI is InChI=1S/C10H22N2O3S/c1-2-3-11-8-10(13)9-12-4-6-16(14,15)7-5-12/h10-11,13H,2-9H2,1H3. The maximum atomic E-state index is 11.2. The molecule has 0 aromatic carbocycles. The summed E-state index contributed by atoms with van der Waals surface area (Å²) in [4.78, 5) is 2.01. The maximum absolute atomic E-state index is 11.2. The minimum absolute atomic E-state index is 0.224. The Bertz CT molecular complexity index is 278. The van der Waals surface area contributed by atoms with Crippen LogP contribution in [0.1, 0.15) is 13.3 Å². The van der Waals surface area contributed by atoms with Crippen LogP contribution >= 0.6 is 0 Å². The summed E-state index contributed by atoms with van der Waals surface area (Å²) in [5.41, 5.74) is 0. The van der Waals surface area contributed by atoms with Crippen molar-refractivity contribution >= 4 is 9.84 Å². The van der Waals surface area contributed by atoms with Crippen LogP contribution in [0.25, 0.3) is 0 Å². The summed E-state index contributed by atoms with van der Waals surface area (Å²) in [5, 5.41) is 12.9. The molecule has 1 saturated heterocycles. The lowest BCUT2D eigenvalue weighted by Crippen LogP contribution is -2.45.